The van der Waals surface area contributed by atoms with Crippen LogP contribution in [0.4, 0.5) is 5.69 Å². The lowest BCUT2D eigenvalue weighted by atomic mass is 10.2. The van der Waals surface area contributed by atoms with Crippen LogP contribution in [0.25, 0.3) is 0 Å². The van der Waals surface area contributed by atoms with E-state index in [4.69, 9.17) is 9.47 Å². The van der Waals surface area contributed by atoms with E-state index in [0.29, 0.717) is 28.1 Å². The van der Waals surface area contributed by atoms with Gasteiger partial charge in [-0.05, 0) is 12.1 Å². The first-order valence-corrected chi connectivity index (χ1v) is 9.59. The lowest BCUT2D eigenvalue weighted by molar-refractivity contribution is -0.113. The Morgan fingerprint density at radius 1 is 1.32 bits per heavy atom. The maximum atomic E-state index is 12.1. The van der Waals surface area contributed by atoms with Crippen molar-refractivity contribution in [3.05, 3.63) is 39.8 Å². The van der Waals surface area contributed by atoms with E-state index in [2.05, 4.69) is 15.3 Å². The number of fused-ring (bicyclic) bond motifs is 1. The highest BCUT2D eigenvalue weighted by Gasteiger charge is 2.18. The predicted octanol–water partition coefficient (Wildman–Crippen LogP) is 2.26. The number of aromatic amines is 1. The van der Waals surface area contributed by atoms with Gasteiger partial charge >= 0.3 is 0 Å². The second kappa shape index (κ2) is 7.83. The summed E-state index contributed by atoms with van der Waals surface area (Å²) in [5, 5.41) is 3.25. The summed E-state index contributed by atoms with van der Waals surface area (Å²) in [6.45, 7) is 0. The Kier molecular flexibility index (Phi) is 5.54. The topological polar surface area (TPSA) is 93.3 Å². The van der Waals surface area contributed by atoms with Crippen LogP contribution < -0.4 is 20.3 Å². The Morgan fingerprint density at radius 2 is 2.12 bits per heavy atom. The predicted molar refractivity (Wildman–Crippen MR) is 98.8 cm³/mol. The van der Waals surface area contributed by atoms with Gasteiger partial charge in [-0.2, -0.15) is 11.8 Å². The van der Waals surface area contributed by atoms with Crippen molar-refractivity contribution in [2.75, 3.05) is 25.3 Å². The average molecular weight is 379 g/mol. The van der Waals surface area contributed by atoms with E-state index >= 15 is 0 Å². The number of ether oxygens (including phenoxy) is 2. The number of nitrogens with one attached hydrogen (secondary N) is 2. The molecule has 132 valence electrons. The van der Waals surface area contributed by atoms with Gasteiger partial charge in [-0.1, -0.05) is 11.8 Å². The van der Waals surface area contributed by atoms with Crippen LogP contribution in [-0.2, 0) is 16.3 Å². The van der Waals surface area contributed by atoms with Crippen LogP contribution in [0.5, 0.6) is 11.5 Å². The Hall–Kier alpha value is -2.13. The summed E-state index contributed by atoms with van der Waals surface area (Å²) in [7, 11) is 3.09. The molecule has 0 bridgehead atoms. The van der Waals surface area contributed by atoms with E-state index in [1.54, 1.807) is 37.1 Å². The zero-order valence-electron chi connectivity index (χ0n) is 13.8. The van der Waals surface area contributed by atoms with Crippen molar-refractivity contribution in [3.63, 3.8) is 0 Å². The van der Waals surface area contributed by atoms with Crippen LogP contribution in [-0.4, -0.2) is 35.8 Å². The molecular formula is C16H17N3O4S2. The van der Waals surface area contributed by atoms with E-state index in [1.807, 2.05) is 0 Å². The number of benzene rings is 1. The fourth-order valence-electron chi connectivity index (χ4n) is 2.35. The third-order valence-electron chi connectivity index (χ3n) is 3.57. The maximum Gasteiger partial charge on any atom is 0.255 e. The molecule has 25 heavy (non-hydrogen) atoms. The lowest BCUT2D eigenvalue weighted by Crippen LogP contribution is -2.17. The van der Waals surface area contributed by atoms with Crippen LogP contribution in [0.3, 0.4) is 0 Å². The Morgan fingerprint density at radius 3 is 2.88 bits per heavy atom. The van der Waals surface area contributed by atoms with Gasteiger partial charge in [-0.3, -0.25) is 9.59 Å². The first-order chi connectivity index (χ1) is 12.1. The number of carbonyl (C=O) groups is 1. The second-order valence-corrected chi connectivity index (χ2v) is 7.15. The van der Waals surface area contributed by atoms with Gasteiger partial charge in [0, 0.05) is 28.8 Å². The van der Waals surface area contributed by atoms with Crippen molar-refractivity contribution in [3.8, 4) is 11.5 Å². The highest BCUT2D eigenvalue weighted by atomic mass is 32.2. The molecule has 2 heterocycles. The molecule has 0 fully saturated rings. The largest absolute Gasteiger partial charge is 0.493 e. The summed E-state index contributed by atoms with van der Waals surface area (Å²) in [5.74, 6) is 2.51. The summed E-state index contributed by atoms with van der Waals surface area (Å²) >= 11 is 2.87. The molecule has 0 saturated carbocycles. The molecule has 1 aromatic heterocycles. The normalized spacial score (nSPS) is 12.6. The summed E-state index contributed by atoms with van der Waals surface area (Å²) in [6, 6.07) is 5.14. The second-order valence-electron chi connectivity index (χ2n) is 5.20. The number of carbonyl (C=O) groups excluding carboxylic acids is 1. The van der Waals surface area contributed by atoms with Gasteiger partial charge in [-0.15, -0.1) is 0 Å². The molecule has 9 heteroatoms. The van der Waals surface area contributed by atoms with Gasteiger partial charge < -0.3 is 19.8 Å². The number of rotatable bonds is 6. The van der Waals surface area contributed by atoms with Gasteiger partial charge in [0.05, 0.1) is 25.7 Å². The number of hydrogen-bond donors (Lipinski definition) is 2. The summed E-state index contributed by atoms with van der Waals surface area (Å²) in [4.78, 5) is 31.2. The van der Waals surface area contributed by atoms with E-state index < -0.39 is 0 Å². The third-order valence-corrected chi connectivity index (χ3v) is 5.42. The van der Waals surface area contributed by atoms with Gasteiger partial charge in [-0.25, -0.2) is 4.98 Å². The van der Waals surface area contributed by atoms with Crippen molar-refractivity contribution in [1.82, 2.24) is 9.97 Å². The quantitative estimate of drug-likeness (QED) is 0.587. The molecule has 0 aliphatic carbocycles. The van der Waals surface area contributed by atoms with Crippen molar-refractivity contribution in [2.45, 2.75) is 16.7 Å². The highest BCUT2D eigenvalue weighted by Crippen LogP contribution is 2.30. The van der Waals surface area contributed by atoms with E-state index in [0.717, 1.165) is 17.0 Å². The first-order valence-electron chi connectivity index (χ1n) is 7.45. The zero-order valence-corrected chi connectivity index (χ0v) is 15.4. The Labute approximate surface area is 152 Å². The minimum atomic E-state index is -0.199. The Bertz CT molecular complexity index is 854. The fraction of sp³-hybridized carbons (Fsp3) is 0.312. The number of methoxy groups -OCH3 is 2. The maximum absolute atomic E-state index is 12.1. The molecule has 3 rings (SSSR count). The molecule has 0 radical (unpaired) electrons. The van der Waals surface area contributed by atoms with E-state index in [1.165, 1.54) is 18.9 Å². The average Bonchev–Trinajstić information content (AvgIpc) is 3.09. The number of hydrogen-bond acceptors (Lipinski definition) is 7. The lowest BCUT2D eigenvalue weighted by Gasteiger charge is -2.10. The monoisotopic (exact) mass is 379 g/mol. The number of H-pyrrole nitrogens is 1. The summed E-state index contributed by atoms with van der Waals surface area (Å²) in [6.07, 6.45) is 0. The SMILES string of the molecule is COc1ccc(NC(=O)CSc2nc3c(c(=O)[nH]2)CSC3)cc1OC. The molecule has 0 atom stereocenters. The fourth-order valence-corrected chi connectivity index (χ4v) is 4.07. The van der Waals surface area contributed by atoms with Crippen LogP contribution in [0, 0.1) is 0 Å². The highest BCUT2D eigenvalue weighted by molar-refractivity contribution is 7.99. The van der Waals surface area contributed by atoms with Crippen molar-refractivity contribution < 1.29 is 14.3 Å². The molecule has 2 aromatic rings. The third kappa shape index (κ3) is 4.10. The van der Waals surface area contributed by atoms with Crippen molar-refractivity contribution in [2.24, 2.45) is 0 Å². The van der Waals surface area contributed by atoms with E-state index in [9.17, 15) is 9.59 Å². The van der Waals surface area contributed by atoms with E-state index in [-0.39, 0.29) is 17.2 Å². The summed E-state index contributed by atoms with van der Waals surface area (Å²) in [5.41, 5.74) is 2.05. The van der Waals surface area contributed by atoms with Crippen molar-refractivity contribution >= 4 is 35.1 Å². The molecule has 1 amide bonds. The molecule has 1 aliphatic heterocycles. The molecule has 0 unspecified atom stereocenters. The van der Waals surface area contributed by atoms with Gasteiger partial charge in [0.25, 0.3) is 5.56 Å². The standard InChI is InChI=1S/C16H17N3O4S2/c1-22-12-4-3-9(5-13(12)23-2)17-14(20)8-25-16-18-11-7-24-6-10(11)15(21)19-16/h3-5H,6-8H2,1-2H3,(H,17,20)(H,18,19,21). The minimum Gasteiger partial charge on any atom is -0.493 e. The number of amides is 1. The Balaban J connectivity index is 1.62. The molecule has 1 aromatic carbocycles. The van der Waals surface area contributed by atoms with Gasteiger partial charge in [0.1, 0.15) is 0 Å². The van der Waals surface area contributed by atoms with Crippen LogP contribution in [0.1, 0.15) is 11.3 Å². The van der Waals surface area contributed by atoms with Crippen LogP contribution >= 0.6 is 23.5 Å². The molecule has 0 saturated heterocycles. The smallest absolute Gasteiger partial charge is 0.255 e. The van der Waals surface area contributed by atoms with Crippen LogP contribution in [0.2, 0.25) is 0 Å². The molecule has 7 nitrogen and oxygen atoms in total. The van der Waals surface area contributed by atoms with Crippen molar-refractivity contribution in [1.29, 1.82) is 0 Å². The molecular weight excluding hydrogens is 362 g/mol. The minimum absolute atomic E-state index is 0.113. The van der Waals surface area contributed by atoms with Gasteiger partial charge in [0.15, 0.2) is 16.7 Å². The molecule has 1 aliphatic rings. The number of nitrogens with zero attached hydrogens (tertiary/aromatic N) is 1. The molecule has 2 N–H and O–H groups in total. The zero-order chi connectivity index (χ0) is 17.8. The summed E-state index contributed by atoms with van der Waals surface area (Å²) < 4.78 is 10.4. The van der Waals surface area contributed by atoms with Crippen LogP contribution in [0.15, 0.2) is 28.2 Å². The molecule has 0 spiro atoms. The number of aromatic nitrogens is 2. The number of thioether (sulfide) groups is 2. The van der Waals surface area contributed by atoms with Gasteiger partial charge in [0.2, 0.25) is 5.91 Å². The number of anilines is 1. The first kappa shape index (κ1) is 17.7.